The third kappa shape index (κ3) is 4.02. The zero-order valence-corrected chi connectivity index (χ0v) is 10.5. The van der Waals surface area contributed by atoms with Crippen molar-refractivity contribution in [2.24, 2.45) is 0 Å². The van der Waals surface area contributed by atoms with Crippen molar-refractivity contribution in [3.05, 3.63) is 12.4 Å². The predicted molar refractivity (Wildman–Crippen MR) is 67.8 cm³/mol. The van der Waals surface area contributed by atoms with Gasteiger partial charge in [-0.25, -0.2) is 9.97 Å². The first-order valence-electron chi connectivity index (χ1n) is 5.57. The fraction of sp³-hybridized carbons (Fsp3) is 0.636. The molecule has 2 N–H and O–H groups in total. The van der Waals surface area contributed by atoms with Crippen molar-refractivity contribution in [2.75, 3.05) is 37.8 Å². The Bertz CT molecular complexity index is 313. The molecule has 0 atom stereocenters. The van der Waals surface area contributed by atoms with Crippen molar-refractivity contribution in [1.82, 2.24) is 14.9 Å². The smallest absolute Gasteiger partial charge is 0.131 e. The van der Waals surface area contributed by atoms with Crippen LogP contribution in [0.15, 0.2) is 12.4 Å². The van der Waals surface area contributed by atoms with Crippen molar-refractivity contribution < 1.29 is 0 Å². The second-order valence-corrected chi connectivity index (χ2v) is 4.04. The second-order valence-electron chi connectivity index (χ2n) is 4.04. The van der Waals surface area contributed by atoms with Gasteiger partial charge in [-0.2, -0.15) is 0 Å². The Hall–Kier alpha value is -1.36. The van der Waals surface area contributed by atoms with Crippen molar-refractivity contribution in [3.63, 3.8) is 0 Å². The third-order valence-electron chi connectivity index (χ3n) is 2.58. The molecule has 1 heterocycles. The van der Waals surface area contributed by atoms with Gasteiger partial charge in [0.2, 0.25) is 0 Å². The van der Waals surface area contributed by atoms with Crippen molar-refractivity contribution in [3.8, 4) is 0 Å². The number of hydrogen-bond donors (Lipinski definition) is 2. The van der Waals surface area contributed by atoms with Gasteiger partial charge in [-0.05, 0) is 20.9 Å². The normalized spacial score (nSPS) is 10.9. The van der Waals surface area contributed by atoms with Crippen LogP contribution >= 0.6 is 0 Å². The monoisotopic (exact) mass is 223 g/mol. The van der Waals surface area contributed by atoms with E-state index < -0.39 is 0 Å². The second kappa shape index (κ2) is 6.27. The van der Waals surface area contributed by atoms with Gasteiger partial charge in [-0.15, -0.1) is 0 Å². The molecule has 0 unspecified atom stereocenters. The fourth-order valence-corrected chi connectivity index (χ4v) is 1.21. The molecule has 0 aromatic carbocycles. The molecule has 1 aromatic heterocycles. The van der Waals surface area contributed by atoms with Gasteiger partial charge in [-0.3, -0.25) is 0 Å². The standard InChI is InChI=1S/C11H21N5/c1-9(2)16(4)6-5-13-11-7-10(12-3)14-8-15-11/h7-9H,5-6H2,1-4H3,(H2,12,13,14,15). The van der Waals surface area contributed by atoms with E-state index in [1.807, 2.05) is 13.1 Å². The molecule has 1 aromatic rings. The maximum Gasteiger partial charge on any atom is 0.131 e. The van der Waals surface area contributed by atoms with Crippen LogP contribution in [0.5, 0.6) is 0 Å². The first kappa shape index (κ1) is 12.7. The number of aromatic nitrogens is 2. The van der Waals surface area contributed by atoms with Crippen LogP contribution in [0.3, 0.4) is 0 Å². The Morgan fingerprint density at radius 1 is 1.31 bits per heavy atom. The molecule has 0 aliphatic rings. The molecule has 0 aliphatic heterocycles. The van der Waals surface area contributed by atoms with Crippen LogP contribution < -0.4 is 10.6 Å². The van der Waals surface area contributed by atoms with Gasteiger partial charge in [-0.1, -0.05) is 0 Å². The van der Waals surface area contributed by atoms with Crippen molar-refractivity contribution in [1.29, 1.82) is 0 Å². The van der Waals surface area contributed by atoms with Crippen LogP contribution in [0.4, 0.5) is 11.6 Å². The van der Waals surface area contributed by atoms with E-state index in [-0.39, 0.29) is 0 Å². The molecule has 0 spiro atoms. The van der Waals surface area contributed by atoms with E-state index in [1.54, 1.807) is 6.33 Å². The Labute approximate surface area is 97.3 Å². The maximum atomic E-state index is 4.15. The highest BCUT2D eigenvalue weighted by molar-refractivity contribution is 5.45. The van der Waals surface area contributed by atoms with Crippen LogP contribution in [0.25, 0.3) is 0 Å². The van der Waals surface area contributed by atoms with Crippen LogP contribution in [0.2, 0.25) is 0 Å². The van der Waals surface area contributed by atoms with Gasteiger partial charge in [0.1, 0.15) is 18.0 Å². The molecule has 1 rings (SSSR count). The number of likely N-dealkylation sites (N-methyl/N-ethyl adjacent to an activating group) is 1. The quantitative estimate of drug-likeness (QED) is 0.760. The molecule has 5 nitrogen and oxygen atoms in total. The van der Waals surface area contributed by atoms with E-state index in [2.05, 4.69) is 46.4 Å². The van der Waals surface area contributed by atoms with Crippen molar-refractivity contribution in [2.45, 2.75) is 19.9 Å². The van der Waals surface area contributed by atoms with Gasteiger partial charge in [0, 0.05) is 32.2 Å². The molecule has 0 fully saturated rings. The van der Waals surface area contributed by atoms with E-state index >= 15 is 0 Å². The van der Waals surface area contributed by atoms with Gasteiger partial charge in [0.05, 0.1) is 0 Å². The summed E-state index contributed by atoms with van der Waals surface area (Å²) < 4.78 is 0. The molecule has 0 saturated heterocycles. The maximum absolute atomic E-state index is 4.15. The summed E-state index contributed by atoms with van der Waals surface area (Å²) in [5, 5.41) is 6.26. The Kier molecular flexibility index (Phi) is 4.98. The molecular weight excluding hydrogens is 202 g/mol. The lowest BCUT2D eigenvalue weighted by molar-refractivity contribution is 0.284. The minimum atomic E-state index is 0.570. The summed E-state index contributed by atoms with van der Waals surface area (Å²) in [6, 6.07) is 2.47. The number of nitrogens with one attached hydrogen (secondary N) is 2. The summed E-state index contributed by atoms with van der Waals surface area (Å²) in [5.41, 5.74) is 0. The van der Waals surface area contributed by atoms with E-state index in [9.17, 15) is 0 Å². The van der Waals surface area contributed by atoms with E-state index in [0.717, 1.165) is 24.7 Å². The number of rotatable bonds is 6. The molecule has 16 heavy (non-hydrogen) atoms. The first-order chi connectivity index (χ1) is 7.63. The average Bonchev–Trinajstić information content (AvgIpc) is 2.29. The van der Waals surface area contributed by atoms with E-state index in [4.69, 9.17) is 0 Å². The summed E-state index contributed by atoms with van der Waals surface area (Å²) in [5.74, 6) is 1.69. The molecular formula is C11H21N5. The predicted octanol–water partition coefficient (Wildman–Crippen LogP) is 1.27. The van der Waals surface area contributed by atoms with E-state index in [1.165, 1.54) is 0 Å². The highest BCUT2D eigenvalue weighted by Crippen LogP contribution is 2.06. The summed E-state index contributed by atoms with van der Waals surface area (Å²) in [7, 11) is 3.96. The largest absolute Gasteiger partial charge is 0.373 e. The number of hydrogen-bond acceptors (Lipinski definition) is 5. The molecule has 0 amide bonds. The topological polar surface area (TPSA) is 53.1 Å². The Morgan fingerprint density at radius 2 is 2.00 bits per heavy atom. The number of nitrogens with zero attached hydrogens (tertiary/aromatic N) is 3. The van der Waals surface area contributed by atoms with E-state index in [0.29, 0.717) is 6.04 Å². The van der Waals surface area contributed by atoms with Crippen LogP contribution in [0.1, 0.15) is 13.8 Å². The zero-order chi connectivity index (χ0) is 12.0. The third-order valence-corrected chi connectivity index (χ3v) is 2.58. The summed E-state index contributed by atoms with van der Waals surface area (Å²) in [6.45, 7) is 6.25. The lowest BCUT2D eigenvalue weighted by atomic mass is 10.3. The van der Waals surface area contributed by atoms with Crippen LogP contribution in [-0.4, -0.2) is 48.1 Å². The highest BCUT2D eigenvalue weighted by Gasteiger charge is 2.02. The SMILES string of the molecule is CNc1cc(NCCN(C)C(C)C)ncn1. The summed E-state index contributed by atoms with van der Waals surface area (Å²) >= 11 is 0. The summed E-state index contributed by atoms with van der Waals surface area (Å²) in [6.07, 6.45) is 1.56. The number of anilines is 2. The average molecular weight is 223 g/mol. The molecule has 90 valence electrons. The van der Waals surface area contributed by atoms with Gasteiger partial charge in [0.25, 0.3) is 0 Å². The van der Waals surface area contributed by atoms with Crippen LogP contribution in [0, 0.1) is 0 Å². The van der Waals surface area contributed by atoms with Gasteiger partial charge in [0.15, 0.2) is 0 Å². The zero-order valence-electron chi connectivity index (χ0n) is 10.5. The lowest BCUT2D eigenvalue weighted by Gasteiger charge is -2.21. The van der Waals surface area contributed by atoms with Gasteiger partial charge < -0.3 is 15.5 Å². The Balaban J connectivity index is 2.37. The summed E-state index contributed by atoms with van der Waals surface area (Å²) in [4.78, 5) is 10.5. The minimum Gasteiger partial charge on any atom is -0.373 e. The lowest BCUT2D eigenvalue weighted by Crippen LogP contribution is -2.31. The van der Waals surface area contributed by atoms with Crippen molar-refractivity contribution >= 4 is 11.6 Å². The Morgan fingerprint density at radius 3 is 2.62 bits per heavy atom. The van der Waals surface area contributed by atoms with Gasteiger partial charge >= 0.3 is 0 Å². The molecule has 0 radical (unpaired) electrons. The minimum absolute atomic E-state index is 0.570. The fourth-order valence-electron chi connectivity index (χ4n) is 1.21. The molecule has 5 heteroatoms. The molecule has 0 bridgehead atoms. The first-order valence-corrected chi connectivity index (χ1v) is 5.57. The molecule has 0 aliphatic carbocycles. The van der Waals surface area contributed by atoms with Crippen LogP contribution in [-0.2, 0) is 0 Å². The molecule has 0 saturated carbocycles. The highest BCUT2D eigenvalue weighted by atomic mass is 15.1.